The van der Waals surface area contributed by atoms with Gasteiger partial charge in [-0.2, -0.15) is 0 Å². The minimum Gasteiger partial charge on any atom is -0.474 e. The van der Waals surface area contributed by atoms with E-state index in [1.807, 2.05) is 0 Å². The number of piperidine rings is 1. The maximum atomic E-state index is 13.4. The van der Waals surface area contributed by atoms with Crippen molar-refractivity contribution in [2.24, 2.45) is 11.1 Å². The number of sulfonamides is 1. The minimum atomic E-state index is -3.18. The fraction of sp³-hybridized carbons (Fsp3) is 0.500. The Balaban J connectivity index is 1.62. The first-order valence-corrected chi connectivity index (χ1v) is 11.0. The van der Waals surface area contributed by atoms with Gasteiger partial charge in [-0.25, -0.2) is 21.7 Å². The molecule has 0 bridgehead atoms. The van der Waals surface area contributed by atoms with Crippen molar-refractivity contribution in [1.82, 2.24) is 14.6 Å². The number of hydrogen-bond acceptors (Lipinski definition) is 8. The maximum absolute atomic E-state index is 13.4. The second kappa shape index (κ2) is 8.87. The van der Waals surface area contributed by atoms with E-state index in [9.17, 15) is 18.0 Å². The summed E-state index contributed by atoms with van der Waals surface area (Å²) in [5.74, 6) is -0.0562. The Labute approximate surface area is 168 Å². The molecule has 2 heterocycles. The zero-order chi connectivity index (χ0) is 21.0. The molecule has 1 aromatic carbocycles. The van der Waals surface area contributed by atoms with Crippen molar-refractivity contribution in [3.05, 3.63) is 40.8 Å². The number of rotatable bonds is 7. The van der Waals surface area contributed by atoms with E-state index in [2.05, 4.69) is 15.5 Å². The molecular formula is C18H23FN4O5S. The van der Waals surface area contributed by atoms with Crippen LogP contribution in [0.2, 0.25) is 0 Å². The van der Waals surface area contributed by atoms with Crippen molar-refractivity contribution in [2.45, 2.75) is 26.2 Å². The monoisotopic (exact) mass is 426 g/mol. The van der Waals surface area contributed by atoms with Crippen molar-refractivity contribution in [3.63, 3.8) is 0 Å². The number of oxime groups is 1. The molecule has 11 heteroatoms. The summed E-state index contributed by atoms with van der Waals surface area (Å²) in [6.07, 6.45) is 2.73. The fourth-order valence-corrected chi connectivity index (χ4v) is 4.11. The van der Waals surface area contributed by atoms with Gasteiger partial charge in [0.2, 0.25) is 10.0 Å². The van der Waals surface area contributed by atoms with Crippen molar-refractivity contribution >= 4 is 15.7 Å². The molecule has 0 atom stereocenters. The van der Waals surface area contributed by atoms with Gasteiger partial charge in [0.15, 0.2) is 5.69 Å². The molecule has 0 aliphatic carbocycles. The summed E-state index contributed by atoms with van der Waals surface area (Å²) < 4.78 is 48.5. The van der Waals surface area contributed by atoms with Crippen molar-refractivity contribution < 1.29 is 27.4 Å². The van der Waals surface area contributed by atoms with Crippen LogP contribution in [0.5, 0.6) is 5.88 Å². The Bertz CT molecular complexity index is 984. The van der Waals surface area contributed by atoms with Crippen LogP contribution in [0.1, 0.15) is 29.7 Å². The van der Waals surface area contributed by atoms with Gasteiger partial charge in [0.1, 0.15) is 11.5 Å². The van der Waals surface area contributed by atoms with Crippen LogP contribution in [0, 0.1) is 18.7 Å². The average molecular weight is 426 g/mol. The quantitative estimate of drug-likeness (QED) is 0.409. The topological polar surface area (TPSA) is 118 Å². The number of benzene rings is 1. The molecule has 0 amide bonds. The molecule has 9 nitrogen and oxygen atoms in total. The largest absolute Gasteiger partial charge is 0.474 e. The molecule has 29 heavy (non-hydrogen) atoms. The summed E-state index contributed by atoms with van der Waals surface area (Å²) in [6.45, 7) is 2.86. The van der Waals surface area contributed by atoms with E-state index in [1.165, 1.54) is 16.6 Å². The highest BCUT2D eigenvalue weighted by Crippen LogP contribution is 2.22. The molecule has 2 aromatic rings. The van der Waals surface area contributed by atoms with E-state index < -0.39 is 10.0 Å². The number of aryl methyl sites for hydroxylation is 1. The molecule has 0 radical (unpaired) electrons. The molecular weight excluding hydrogens is 403 g/mol. The summed E-state index contributed by atoms with van der Waals surface area (Å²) in [5.41, 5.74) is 1.57. The van der Waals surface area contributed by atoms with Crippen molar-refractivity contribution in [1.29, 1.82) is 0 Å². The van der Waals surface area contributed by atoms with Gasteiger partial charge in [0.05, 0.1) is 12.9 Å². The van der Waals surface area contributed by atoms with Gasteiger partial charge in [-0.1, -0.05) is 17.3 Å². The Hall–Kier alpha value is -2.53. The van der Waals surface area contributed by atoms with Crippen LogP contribution >= 0.6 is 0 Å². The van der Waals surface area contributed by atoms with Crippen LogP contribution in [0.3, 0.4) is 0 Å². The highest BCUT2D eigenvalue weighted by molar-refractivity contribution is 7.88. The molecule has 1 aliphatic rings. The molecule has 0 spiro atoms. The van der Waals surface area contributed by atoms with Gasteiger partial charge in [0.25, 0.3) is 5.88 Å². The standard InChI is InChI=1S/C18H23FN4O5S/c1-12-9-14(3-4-15(12)19)10-16(20-24)17-18(22-28-21-17)27-11-13-5-7-23(8-6-13)29(2,25)26/h3-4,9,13,24H,5-8,10-11H2,1-2H3/b20-16+. The lowest BCUT2D eigenvalue weighted by Gasteiger charge is -2.29. The lowest BCUT2D eigenvalue weighted by Crippen LogP contribution is -2.39. The first-order chi connectivity index (χ1) is 13.8. The van der Waals surface area contributed by atoms with Gasteiger partial charge in [-0.3, -0.25) is 0 Å². The summed E-state index contributed by atoms with van der Waals surface area (Å²) >= 11 is 0. The number of hydrogen-bond donors (Lipinski definition) is 1. The Morgan fingerprint density at radius 2 is 2.10 bits per heavy atom. The second-order valence-corrected chi connectivity index (χ2v) is 9.12. The molecule has 158 valence electrons. The van der Waals surface area contributed by atoms with E-state index in [1.54, 1.807) is 19.1 Å². The average Bonchev–Trinajstić information content (AvgIpc) is 3.15. The number of aromatic nitrogens is 2. The first kappa shape index (κ1) is 21.2. The van der Waals surface area contributed by atoms with Crippen LogP contribution in [0.4, 0.5) is 4.39 Å². The molecule has 1 saturated heterocycles. The Morgan fingerprint density at radius 1 is 1.38 bits per heavy atom. The number of nitrogens with zero attached hydrogens (tertiary/aromatic N) is 4. The highest BCUT2D eigenvalue weighted by Gasteiger charge is 2.26. The number of halogens is 1. The van der Waals surface area contributed by atoms with E-state index in [-0.39, 0.29) is 35.4 Å². The predicted octanol–water partition coefficient (Wildman–Crippen LogP) is 1.99. The van der Waals surface area contributed by atoms with Gasteiger partial charge in [0, 0.05) is 19.5 Å². The normalized spacial score (nSPS) is 16.9. The lowest BCUT2D eigenvalue weighted by molar-refractivity contribution is 0.173. The Kier molecular flexibility index (Phi) is 6.48. The zero-order valence-electron chi connectivity index (χ0n) is 16.2. The SMILES string of the molecule is Cc1cc(C/C(=N\O)c2nonc2OCC2CCN(S(C)(=O)=O)CC2)ccc1F. The van der Waals surface area contributed by atoms with Crippen LogP contribution in [-0.4, -0.2) is 59.9 Å². The third-order valence-corrected chi connectivity index (χ3v) is 6.25. The van der Waals surface area contributed by atoms with Gasteiger partial charge < -0.3 is 9.94 Å². The summed E-state index contributed by atoms with van der Waals surface area (Å²) in [4.78, 5) is 0. The van der Waals surface area contributed by atoms with Gasteiger partial charge in [-0.15, -0.1) is 0 Å². The van der Waals surface area contributed by atoms with Crippen LogP contribution in [0.15, 0.2) is 28.0 Å². The lowest BCUT2D eigenvalue weighted by atomic mass is 9.99. The number of ether oxygens (including phenoxy) is 1. The third-order valence-electron chi connectivity index (χ3n) is 4.94. The van der Waals surface area contributed by atoms with Gasteiger partial charge in [-0.05, 0) is 53.2 Å². The van der Waals surface area contributed by atoms with Gasteiger partial charge >= 0.3 is 0 Å². The second-order valence-electron chi connectivity index (χ2n) is 7.14. The van der Waals surface area contributed by atoms with Crippen molar-refractivity contribution in [3.8, 4) is 5.88 Å². The fourth-order valence-electron chi connectivity index (χ4n) is 3.23. The smallest absolute Gasteiger partial charge is 0.285 e. The van der Waals surface area contributed by atoms with E-state index in [0.717, 1.165) is 5.56 Å². The van der Waals surface area contributed by atoms with E-state index >= 15 is 0 Å². The summed E-state index contributed by atoms with van der Waals surface area (Å²) in [5, 5.41) is 20.2. The molecule has 1 aliphatic heterocycles. The summed E-state index contributed by atoms with van der Waals surface area (Å²) in [7, 11) is -3.18. The molecule has 3 rings (SSSR count). The molecule has 0 unspecified atom stereocenters. The Morgan fingerprint density at radius 3 is 2.72 bits per heavy atom. The van der Waals surface area contributed by atoms with E-state index in [4.69, 9.17) is 9.37 Å². The van der Waals surface area contributed by atoms with Crippen molar-refractivity contribution in [2.75, 3.05) is 26.0 Å². The van der Waals surface area contributed by atoms with E-state index in [0.29, 0.717) is 38.1 Å². The zero-order valence-corrected chi connectivity index (χ0v) is 17.0. The maximum Gasteiger partial charge on any atom is 0.285 e. The predicted molar refractivity (Wildman–Crippen MR) is 102 cm³/mol. The molecule has 1 aromatic heterocycles. The highest BCUT2D eigenvalue weighted by atomic mass is 32.2. The van der Waals surface area contributed by atoms with Crippen LogP contribution < -0.4 is 4.74 Å². The molecule has 0 saturated carbocycles. The third kappa shape index (κ3) is 5.30. The molecule has 1 fully saturated rings. The first-order valence-electron chi connectivity index (χ1n) is 9.14. The molecule has 1 N–H and O–H groups in total. The van der Waals surface area contributed by atoms with Crippen LogP contribution in [0.25, 0.3) is 0 Å². The van der Waals surface area contributed by atoms with Crippen LogP contribution in [-0.2, 0) is 16.4 Å². The minimum absolute atomic E-state index is 0.0992. The summed E-state index contributed by atoms with van der Waals surface area (Å²) in [6, 6.07) is 4.60.